The Bertz CT molecular complexity index is 879. The Kier molecular flexibility index (Phi) is 8.95. The van der Waals surface area contributed by atoms with Crippen LogP contribution < -0.4 is 16.0 Å². The summed E-state index contributed by atoms with van der Waals surface area (Å²) in [6.45, 7) is 2.82. The number of rotatable bonds is 10. The number of nitrogens with one attached hydrogen (secondary N) is 3. The third-order valence-corrected chi connectivity index (χ3v) is 5.46. The first-order valence-corrected chi connectivity index (χ1v) is 11.4. The molecule has 0 unspecified atom stereocenters. The first-order chi connectivity index (χ1) is 13.9. The molecule has 8 heteroatoms. The van der Waals surface area contributed by atoms with Gasteiger partial charge < -0.3 is 20.7 Å². The molecule has 0 aliphatic rings. The van der Waals surface area contributed by atoms with E-state index in [1.165, 1.54) is 6.26 Å². The zero-order valence-electron chi connectivity index (χ0n) is 17.2. The molecule has 0 aliphatic heterocycles. The van der Waals surface area contributed by atoms with Crippen LogP contribution in [0, 0.1) is 0 Å². The largest absolute Gasteiger partial charge is 0.383 e. The van der Waals surface area contributed by atoms with Gasteiger partial charge in [0.05, 0.1) is 11.5 Å². The molecule has 0 aromatic heterocycles. The smallest absolute Gasteiger partial charge is 0.191 e. The quantitative estimate of drug-likeness (QED) is 0.311. The average molecular weight is 419 g/mol. The van der Waals surface area contributed by atoms with Gasteiger partial charge in [-0.25, -0.2) is 8.42 Å². The highest BCUT2D eigenvalue weighted by Gasteiger charge is 2.06. The summed E-state index contributed by atoms with van der Waals surface area (Å²) in [4.78, 5) is 4.58. The second-order valence-electron chi connectivity index (χ2n) is 6.64. The Morgan fingerprint density at radius 3 is 2.21 bits per heavy atom. The van der Waals surface area contributed by atoms with E-state index >= 15 is 0 Å². The van der Waals surface area contributed by atoms with Gasteiger partial charge in [-0.2, -0.15) is 0 Å². The monoisotopic (exact) mass is 418 g/mol. The van der Waals surface area contributed by atoms with E-state index in [0.29, 0.717) is 24.6 Å². The lowest BCUT2D eigenvalue weighted by Crippen LogP contribution is -2.37. The predicted octanol–water partition coefficient (Wildman–Crippen LogP) is 2.06. The van der Waals surface area contributed by atoms with Gasteiger partial charge in [0.2, 0.25) is 0 Å². The van der Waals surface area contributed by atoms with Crippen molar-refractivity contribution in [2.75, 3.05) is 45.4 Å². The molecule has 2 rings (SSSR count). The van der Waals surface area contributed by atoms with E-state index in [1.54, 1.807) is 26.3 Å². The molecule has 2 aromatic carbocycles. The van der Waals surface area contributed by atoms with Crippen LogP contribution in [0.2, 0.25) is 0 Å². The van der Waals surface area contributed by atoms with Crippen LogP contribution in [0.15, 0.2) is 58.4 Å². The standard InChI is InChI=1S/C21H30N4O3S/c1-22-21(24-13-12-17-6-10-20(11-7-17)29(3,26)27)25-16-18-4-8-19(9-5-18)23-14-15-28-2/h4-11,23H,12-16H2,1-3H3,(H2,22,24,25). The fourth-order valence-corrected chi connectivity index (χ4v) is 3.30. The highest BCUT2D eigenvalue weighted by Crippen LogP contribution is 2.11. The van der Waals surface area contributed by atoms with Crippen LogP contribution in [0.4, 0.5) is 5.69 Å². The molecule has 0 fully saturated rings. The maximum Gasteiger partial charge on any atom is 0.191 e. The number of hydrogen-bond donors (Lipinski definition) is 3. The van der Waals surface area contributed by atoms with Gasteiger partial charge in [0.15, 0.2) is 15.8 Å². The van der Waals surface area contributed by atoms with Gasteiger partial charge in [-0.05, 0) is 41.8 Å². The number of methoxy groups -OCH3 is 1. The topological polar surface area (TPSA) is 91.8 Å². The maximum atomic E-state index is 11.5. The number of guanidine groups is 1. The second kappa shape index (κ2) is 11.4. The van der Waals surface area contributed by atoms with Crippen molar-refractivity contribution in [1.82, 2.24) is 10.6 Å². The molecular weight excluding hydrogens is 388 g/mol. The van der Waals surface area contributed by atoms with Gasteiger partial charge >= 0.3 is 0 Å². The highest BCUT2D eigenvalue weighted by atomic mass is 32.2. The molecule has 2 aromatic rings. The van der Waals surface area contributed by atoms with Crippen LogP contribution in [0.3, 0.4) is 0 Å². The Morgan fingerprint density at radius 2 is 1.62 bits per heavy atom. The van der Waals surface area contributed by atoms with Crippen LogP contribution in [0.1, 0.15) is 11.1 Å². The molecule has 0 bridgehead atoms. The molecule has 158 valence electrons. The minimum atomic E-state index is -3.15. The van der Waals surface area contributed by atoms with E-state index in [1.807, 2.05) is 24.3 Å². The Hall–Kier alpha value is -2.58. The molecule has 0 spiro atoms. The zero-order chi connectivity index (χ0) is 21.1. The van der Waals surface area contributed by atoms with Gasteiger partial charge in [0.1, 0.15) is 0 Å². The summed E-state index contributed by atoms with van der Waals surface area (Å²) in [7, 11) is 0.267. The fourth-order valence-electron chi connectivity index (χ4n) is 2.67. The number of sulfone groups is 1. The van der Waals surface area contributed by atoms with E-state index in [-0.39, 0.29) is 0 Å². The number of nitrogens with zero attached hydrogens (tertiary/aromatic N) is 1. The van der Waals surface area contributed by atoms with Crippen molar-refractivity contribution in [3.05, 3.63) is 59.7 Å². The predicted molar refractivity (Wildman–Crippen MR) is 118 cm³/mol. The van der Waals surface area contributed by atoms with Crippen LogP contribution in [-0.2, 0) is 27.5 Å². The summed E-state index contributed by atoms with van der Waals surface area (Å²) in [5.41, 5.74) is 3.29. The molecule has 29 heavy (non-hydrogen) atoms. The summed E-state index contributed by atoms with van der Waals surface area (Å²) in [6, 6.07) is 15.2. The van der Waals surface area contributed by atoms with Gasteiger partial charge in [0.25, 0.3) is 0 Å². The number of anilines is 1. The number of benzene rings is 2. The normalized spacial score (nSPS) is 11.9. The van der Waals surface area contributed by atoms with Crippen molar-refractivity contribution < 1.29 is 13.2 Å². The molecule has 0 heterocycles. The summed E-state index contributed by atoms with van der Waals surface area (Å²) in [5, 5.41) is 9.85. The summed E-state index contributed by atoms with van der Waals surface area (Å²) < 4.78 is 28.0. The van der Waals surface area contributed by atoms with Crippen molar-refractivity contribution in [3.8, 4) is 0 Å². The molecule has 3 N–H and O–H groups in total. The Labute approximate surface area is 173 Å². The van der Waals surface area contributed by atoms with E-state index in [9.17, 15) is 8.42 Å². The van der Waals surface area contributed by atoms with E-state index in [4.69, 9.17) is 4.74 Å². The lowest BCUT2D eigenvalue weighted by Gasteiger charge is -2.13. The first kappa shape index (κ1) is 22.7. The summed E-state index contributed by atoms with van der Waals surface area (Å²) in [6.07, 6.45) is 1.98. The molecule has 7 nitrogen and oxygen atoms in total. The number of ether oxygens (including phenoxy) is 1. The molecule has 0 saturated heterocycles. The Morgan fingerprint density at radius 1 is 0.966 bits per heavy atom. The molecule has 0 amide bonds. The summed E-state index contributed by atoms with van der Waals surface area (Å²) in [5.74, 6) is 0.722. The van der Waals surface area contributed by atoms with Gasteiger partial charge in [-0.15, -0.1) is 0 Å². The maximum absolute atomic E-state index is 11.5. The molecule has 0 radical (unpaired) electrons. The molecule has 0 atom stereocenters. The molecule has 0 saturated carbocycles. The Balaban J connectivity index is 1.75. The first-order valence-electron chi connectivity index (χ1n) is 9.47. The average Bonchev–Trinajstić information content (AvgIpc) is 2.71. The van der Waals surface area contributed by atoms with E-state index < -0.39 is 9.84 Å². The van der Waals surface area contributed by atoms with Crippen LogP contribution >= 0.6 is 0 Å². The zero-order valence-corrected chi connectivity index (χ0v) is 18.1. The minimum absolute atomic E-state index is 0.339. The number of hydrogen-bond acceptors (Lipinski definition) is 5. The SMILES string of the molecule is CN=C(NCCc1ccc(S(C)(=O)=O)cc1)NCc1ccc(NCCOC)cc1. The van der Waals surface area contributed by atoms with Gasteiger partial charge in [-0.3, -0.25) is 4.99 Å². The van der Waals surface area contributed by atoms with E-state index in [0.717, 1.165) is 35.7 Å². The molecular formula is C21H30N4O3S. The van der Waals surface area contributed by atoms with E-state index in [2.05, 4.69) is 33.1 Å². The lowest BCUT2D eigenvalue weighted by molar-refractivity contribution is 0.211. The third-order valence-electron chi connectivity index (χ3n) is 4.33. The lowest BCUT2D eigenvalue weighted by atomic mass is 10.1. The second-order valence-corrected chi connectivity index (χ2v) is 8.65. The number of aliphatic imine (C=N–C) groups is 1. The molecule has 0 aliphatic carbocycles. The highest BCUT2D eigenvalue weighted by molar-refractivity contribution is 7.90. The van der Waals surface area contributed by atoms with Crippen LogP contribution in [0.5, 0.6) is 0 Å². The van der Waals surface area contributed by atoms with Gasteiger partial charge in [0, 0.05) is 45.7 Å². The van der Waals surface area contributed by atoms with Gasteiger partial charge in [-0.1, -0.05) is 24.3 Å². The van der Waals surface area contributed by atoms with Crippen molar-refractivity contribution in [2.24, 2.45) is 4.99 Å². The van der Waals surface area contributed by atoms with Crippen molar-refractivity contribution >= 4 is 21.5 Å². The minimum Gasteiger partial charge on any atom is -0.383 e. The van der Waals surface area contributed by atoms with Crippen LogP contribution in [-0.4, -0.2) is 54.5 Å². The van der Waals surface area contributed by atoms with Crippen molar-refractivity contribution in [1.29, 1.82) is 0 Å². The summed E-state index contributed by atoms with van der Waals surface area (Å²) >= 11 is 0. The fraction of sp³-hybridized carbons (Fsp3) is 0.381. The van der Waals surface area contributed by atoms with Crippen molar-refractivity contribution in [3.63, 3.8) is 0 Å². The van der Waals surface area contributed by atoms with Crippen molar-refractivity contribution in [2.45, 2.75) is 17.9 Å². The third kappa shape index (κ3) is 8.13. The van der Waals surface area contributed by atoms with Crippen LogP contribution in [0.25, 0.3) is 0 Å².